The first-order chi connectivity index (χ1) is 13.0. The second-order valence-corrected chi connectivity index (χ2v) is 8.32. The van der Waals surface area contributed by atoms with Gasteiger partial charge in [0, 0.05) is 36.8 Å². The molecule has 1 aliphatic heterocycles. The lowest BCUT2D eigenvalue weighted by atomic mass is 10.1. The van der Waals surface area contributed by atoms with Gasteiger partial charge in [0.25, 0.3) is 5.91 Å². The Morgan fingerprint density at radius 2 is 1.85 bits per heavy atom. The number of carbonyl (C=O) groups excluding carboxylic acids is 1. The molecule has 1 fully saturated rings. The Labute approximate surface area is 166 Å². The Kier molecular flexibility index (Phi) is 6.80. The second kappa shape index (κ2) is 9.29. The minimum atomic E-state index is -0.558. The number of hydrogen-bond acceptors (Lipinski definition) is 4. The predicted molar refractivity (Wildman–Crippen MR) is 114 cm³/mol. The van der Waals surface area contributed by atoms with E-state index in [1.54, 1.807) is 6.92 Å². The van der Waals surface area contributed by atoms with E-state index in [4.69, 9.17) is 4.74 Å². The van der Waals surface area contributed by atoms with E-state index in [0.717, 1.165) is 30.9 Å². The van der Waals surface area contributed by atoms with Crippen LogP contribution < -0.4 is 10.1 Å². The molecule has 27 heavy (non-hydrogen) atoms. The molecular formula is C22H28N2O2S. The molecule has 2 aromatic carbocycles. The molecule has 0 saturated carbocycles. The van der Waals surface area contributed by atoms with E-state index >= 15 is 0 Å². The minimum Gasteiger partial charge on any atom is -0.481 e. The molecule has 1 saturated heterocycles. The average Bonchev–Trinajstić information content (AvgIpc) is 2.66. The van der Waals surface area contributed by atoms with Crippen LogP contribution in [0.25, 0.3) is 0 Å². The third kappa shape index (κ3) is 5.75. The van der Waals surface area contributed by atoms with E-state index in [0.29, 0.717) is 5.75 Å². The summed E-state index contributed by atoms with van der Waals surface area (Å²) in [6, 6.07) is 14.0. The summed E-state index contributed by atoms with van der Waals surface area (Å²) in [5.74, 6) is 2.99. The van der Waals surface area contributed by atoms with Crippen LogP contribution in [0.3, 0.4) is 0 Å². The number of benzene rings is 2. The Morgan fingerprint density at radius 3 is 2.52 bits per heavy atom. The third-order valence-electron chi connectivity index (χ3n) is 4.76. The zero-order valence-corrected chi connectivity index (χ0v) is 17.1. The van der Waals surface area contributed by atoms with Crippen LogP contribution in [-0.2, 0) is 11.3 Å². The van der Waals surface area contributed by atoms with Gasteiger partial charge >= 0.3 is 0 Å². The number of thioether (sulfide) groups is 1. The molecule has 3 rings (SSSR count). The van der Waals surface area contributed by atoms with E-state index < -0.39 is 6.10 Å². The Morgan fingerprint density at radius 1 is 1.15 bits per heavy atom. The van der Waals surface area contributed by atoms with Crippen LogP contribution in [0.15, 0.2) is 42.5 Å². The Hall–Kier alpha value is -1.98. The van der Waals surface area contributed by atoms with Crippen molar-refractivity contribution in [3.63, 3.8) is 0 Å². The normalized spacial score (nSPS) is 16.0. The average molecular weight is 385 g/mol. The fourth-order valence-corrected chi connectivity index (χ4v) is 4.07. The van der Waals surface area contributed by atoms with Crippen LogP contribution in [0, 0.1) is 13.8 Å². The molecule has 1 unspecified atom stereocenters. The van der Waals surface area contributed by atoms with Crippen molar-refractivity contribution in [3.05, 3.63) is 59.2 Å². The van der Waals surface area contributed by atoms with Crippen molar-refractivity contribution in [1.82, 2.24) is 4.90 Å². The van der Waals surface area contributed by atoms with E-state index in [1.165, 1.54) is 22.6 Å². The van der Waals surface area contributed by atoms with Gasteiger partial charge in [-0.15, -0.1) is 0 Å². The van der Waals surface area contributed by atoms with Crippen LogP contribution in [0.1, 0.15) is 23.6 Å². The predicted octanol–water partition coefficient (Wildman–Crippen LogP) is 4.26. The molecule has 0 bridgehead atoms. The lowest BCUT2D eigenvalue weighted by Gasteiger charge is -2.26. The zero-order chi connectivity index (χ0) is 19.2. The Bertz CT molecular complexity index is 770. The highest BCUT2D eigenvalue weighted by molar-refractivity contribution is 7.99. The standard InChI is InChI=1S/C22H28N2O2S/c1-16-4-7-20(8-5-16)26-18(3)22(25)23-21-9-6-19(14-17(21)2)15-24-10-12-27-13-11-24/h4-9,14,18H,10-13,15H2,1-3H3,(H,23,25). The number of carbonyl (C=O) groups is 1. The van der Waals surface area contributed by atoms with Gasteiger partial charge in [-0.2, -0.15) is 11.8 Å². The molecule has 1 heterocycles. The zero-order valence-electron chi connectivity index (χ0n) is 16.3. The summed E-state index contributed by atoms with van der Waals surface area (Å²) in [6.07, 6.45) is -0.558. The van der Waals surface area contributed by atoms with Crippen molar-refractivity contribution in [3.8, 4) is 5.75 Å². The molecule has 0 radical (unpaired) electrons. The number of aryl methyl sites for hydroxylation is 2. The summed E-state index contributed by atoms with van der Waals surface area (Å²) in [4.78, 5) is 15.0. The van der Waals surface area contributed by atoms with Gasteiger partial charge in [-0.3, -0.25) is 9.69 Å². The van der Waals surface area contributed by atoms with E-state index in [1.807, 2.05) is 55.9 Å². The number of ether oxygens (including phenoxy) is 1. The maximum Gasteiger partial charge on any atom is 0.265 e. The molecule has 0 aromatic heterocycles. The first-order valence-corrected chi connectivity index (χ1v) is 10.6. The smallest absolute Gasteiger partial charge is 0.265 e. The van der Waals surface area contributed by atoms with Crippen LogP contribution in [0.4, 0.5) is 5.69 Å². The molecule has 1 amide bonds. The van der Waals surface area contributed by atoms with Crippen molar-refractivity contribution in [1.29, 1.82) is 0 Å². The van der Waals surface area contributed by atoms with Gasteiger partial charge in [0.15, 0.2) is 6.10 Å². The van der Waals surface area contributed by atoms with Crippen molar-refractivity contribution in [2.75, 3.05) is 29.9 Å². The fourth-order valence-electron chi connectivity index (χ4n) is 3.09. The number of rotatable bonds is 6. The van der Waals surface area contributed by atoms with Gasteiger partial charge in [0.05, 0.1) is 0 Å². The van der Waals surface area contributed by atoms with Gasteiger partial charge in [0.2, 0.25) is 0 Å². The highest BCUT2D eigenvalue weighted by atomic mass is 32.2. The lowest BCUT2D eigenvalue weighted by molar-refractivity contribution is -0.122. The molecule has 0 aliphatic carbocycles. The first-order valence-electron chi connectivity index (χ1n) is 9.45. The summed E-state index contributed by atoms with van der Waals surface area (Å²) in [5.41, 5.74) is 4.38. The highest BCUT2D eigenvalue weighted by Crippen LogP contribution is 2.20. The van der Waals surface area contributed by atoms with Crippen LogP contribution in [0.2, 0.25) is 0 Å². The number of nitrogens with one attached hydrogen (secondary N) is 1. The largest absolute Gasteiger partial charge is 0.481 e. The van der Waals surface area contributed by atoms with Crippen molar-refractivity contribution in [2.45, 2.75) is 33.4 Å². The lowest BCUT2D eigenvalue weighted by Crippen LogP contribution is -2.32. The van der Waals surface area contributed by atoms with Crippen molar-refractivity contribution in [2.24, 2.45) is 0 Å². The number of hydrogen-bond donors (Lipinski definition) is 1. The van der Waals surface area contributed by atoms with Gasteiger partial charge < -0.3 is 10.1 Å². The quantitative estimate of drug-likeness (QED) is 0.808. The molecular weight excluding hydrogens is 356 g/mol. The third-order valence-corrected chi connectivity index (χ3v) is 5.70. The SMILES string of the molecule is Cc1ccc(OC(C)C(=O)Nc2ccc(CN3CCSCC3)cc2C)cc1. The number of nitrogens with zero attached hydrogens (tertiary/aromatic N) is 1. The molecule has 0 spiro atoms. The van der Waals surface area contributed by atoms with Gasteiger partial charge in [-0.05, 0) is 50.1 Å². The van der Waals surface area contributed by atoms with Gasteiger partial charge in [-0.25, -0.2) is 0 Å². The maximum atomic E-state index is 12.5. The van der Waals surface area contributed by atoms with Gasteiger partial charge in [0.1, 0.15) is 5.75 Å². The van der Waals surface area contributed by atoms with Crippen molar-refractivity contribution >= 4 is 23.4 Å². The summed E-state index contributed by atoms with van der Waals surface area (Å²) in [7, 11) is 0. The number of anilines is 1. The topological polar surface area (TPSA) is 41.6 Å². The minimum absolute atomic E-state index is 0.139. The summed E-state index contributed by atoms with van der Waals surface area (Å²) in [6.45, 7) is 9.11. The van der Waals surface area contributed by atoms with E-state index in [-0.39, 0.29) is 5.91 Å². The number of amides is 1. The van der Waals surface area contributed by atoms with E-state index in [9.17, 15) is 4.79 Å². The van der Waals surface area contributed by atoms with E-state index in [2.05, 4.69) is 22.3 Å². The van der Waals surface area contributed by atoms with Crippen LogP contribution in [0.5, 0.6) is 5.75 Å². The molecule has 5 heteroatoms. The highest BCUT2D eigenvalue weighted by Gasteiger charge is 2.16. The summed E-state index contributed by atoms with van der Waals surface area (Å²) in [5, 5.41) is 2.99. The second-order valence-electron chi connectivity index (χ2n) is 7.10. The molecule has 4 nitrogen and oxygen atoms in total. The summed E-state index contributed by atoms with van der Waals surface area (Å²) >= 11 is 2.02. The molecule has 1 atom stereocenters. The van der Waals surface area contributed by atoms with Crippen LogP contribution >= 0.6 is 11.8 Å². The van der Waals surface area contributed by atoms with Gasteiger partial charge in [-0.1, -0.05) is 29.8 Å². The molecule has 144 valence electrons. The summed E-state index contributed by atoms with van der Waals surface area (Å²) < 4.78 is 5.75. The molecule has 1 N–H and O–H groups in total. The molecule has 2 aromatic rings. The Balaban J connectivity index is 1.57. The van der Waals surface area contributed by atoms with Crippen molar-refractivity contribution < 1.29 is 9.53 Å². The monoisotopic (exact) mass is 384 g/mol. The molecule has 1 aliphatic rings. The fraction of sp³-hybridized carbons (Fsp3) is 0.409. The maximum absolute atomic E-state index is 12.5. The van der Waals surface area contributed by atoms with Crippen LogP contribution in [-0.4, -0.2) is 41.5 Å². The first kappa shape index (κ1) is 19.8.